The number of ketones is 1. The summed E-state index contributed by atoms with van der Waals surface area (Å²) >= 11 is 0.572. The Morgan fingerprint density at radius 3 is 2.43 bits per heavy atom. The minimum atomic E-state index is -1.14. The van der Waals surface area contributed by atoms with Crippen molar-refractivity contribution < 1.29 is 67.3 Å². The molecule has 1 heterocycles. The number of allylic oxidation sites excluding steroid dienone is 3. The number of unbranched alkanes of at least 4 members (excludes halogenated alkanes) is 2. The summed E-state index contributed by atoms with van der Waals surface area (Å²) in [6, 6.07) is 12.6. The van der Waals surface area contributed by atoms with Crippen molar-refractivity contribution in [2.24, 2.45) is 0 Å². The second kappa shape index (κ2) is 20.6. The Labute approximate surface area is 355 Å². The Balaban J connectivity index is 1.19. The molecule has 0 fully saturated rings. The van der Waals surface area contributed by atoms with Gasteiger partial charge in [-0.2, -0.15) is 4.58 Å². The number of nitrogens with zero attached hydrogens (tertiary/aromatic N) is 2. The third kappa shape index (κ3) is 10.7. The number of benzene rings is 3. The molecule has 0 spiro atoms. The lowest BCUT2D eigenvalue weighted by molar-refractivity contribution is -0.438. The standard InChI is InChI=1S/C42H47FN4O13S/c1-24(48)28-20-34(57-5)35(22-33(28)47(53)54)58-18-16-44-41(52)31(23-61-60-59-55)45-37(49)9-7-6-8-17-46-32-15-12-26(43)19-30(32)42(2,3)36(46)21-29-39(50)38(40(29)51)25-10-13-27(56-4)14-11-25/h10-15,19-22,24,31,48H,6-9,16-18,23H2,1-5H3,(H3-,44,45,49,50,51,52,55)/p+1. The molecule has 5 N–H and O–H groups in total. The second-order valence-electron chi connectivity index (χ2n) is 14.7. The van der Waals surface area contributed by atoms with E-state index in [-0.39, 0.29) is 70.8 Å². The minimum Gasteiger partial charge on any atom is -0.506 e. The van der Waals surface area contributed by atoms with E-state index in [1.54, 1.807) is 36.4 Å². The smallest absolute Gasteiger partial charge is 0.279 e. The molecule has 1 aliphatic carbocycles. The number of ether oxygens (including phenoxy) is 3. The SMILES string of the molecule is COc1ccc(C2=C(O)C(=CC3=[N+](CCCCCC(=O)NC(CSOOO)C(=O)NCCOc4cc([N+](=O)[O-])c(C(C)O)cc4OC)c4ccc(F)cc4C3(C)C)C2=O)cc1. The number of carbonyl (C=O) groups is 3. The molecule has 5 rings (SSSR count). The van der Waals surface area contributed by atoms with Gasteiger partial charge in [-0.1, -0.05) is 17.2 Å². The van der Waals surface area contributed by atoms with Crippen LogP contribution in [0.5, 0.6) is 17.2 Å². The molecule has 2 unspecified atom stereocenters. The van der Waals surface area contributed by atoms with Gasteiger partial charge in [0.1, 0.15) is 36.5 Å². The lowest BCUT2D eigenvalue weighted by atomic mass is 9.77. The third-order valence-electron chi connectivity index (χ3n) is 10.3. The van der Waals surface area contributed by atoms with Gasteiger partial charge in [0, 0.05) is 42.6 Å². The van der Waals surface area contributed by atoms with Gasteiger partial charge in [0.05, 0.1) is 65.7 Å². The number of methoxy groups -OCH3 is 2. The number of rotatable bonds is 22. The van der Waals surface area contributed by atoms with Gasteiger partial charge >= 0.3 is 0 Å². The summed E-state index contributed by atoms with van der Waals surface area (Å²) in [5, 5.41) is 50.0. The third-order valence-corrected chi connectivity index (χ3v) is 11.0. The molecule has 3 aromatic rings. The van der Waals surface area contributed by atoms with E-state index >= 15 is 0 Å². The summed E-state index contributed by atoms with van der Waals surface area (Å²) in [5.74, 6) is -1.28. The number of aliphatic hydroxyl groups is 2. The van der Waals surface area contributed by atoms with E-state index in [9.17, 15) is 39.1 Å². The van der Waals surface area contributed by atoms with Crippen LogP contribution in [0, 0.1) is 15.9 Å². The minimum absolute atomic E-state index is 0.0173. The van der Waals surface area contributed by atoms with Crippen molar-refractivity contribution in [1.82, 2.24) is 10.6 Å². The summed E-state index contributed by atoms with van der Waals surface area (Å²) in [6.45, 7) is 5.47. The van der Waals surface area contributed by atoms with Crippen molar-refractivity contribution in [2.45, 2.75) is 64.0 Å². The van der Waals surface area contributed by atoms with Crippen molar-refractivity contribution in [3.05, 3.63) is 105 Å². The lowest BCUT2D eigenvalue weighted by Gasteiger charge is -2.23. The van der Waals surface area contributed by atoms with Crippen LogP contribution in [0.25, 0.3) is 5.57 Å². The van der Waals surface area contributed by atoms with Gasteiger partial charge < -0.3 is 35.1 Å². The molecule has 2 amide bonds. The Kier molecular flexibility index (Phi) is 15.6. The maximum atomic E-state index is 14.5. The largest absolute Gasteiger partial charge is 0.506 e. The van der Waals surface area contributed by atoms with Gasteiger partial charge in [-0.3, -0.25) is 24.5 Å². The summed E-state index contributed by atoms with van der Waals surface area (Å²) in [7, 11) is 2.87. The molecule has 2 aliphatic rings. The number of hydrogen-bond donors (Lipinski definition) is 5. The first-order valence-electron chi connectivity index (χ1n) is 19.3. The van der Waals surface area contributed by atoms with E-state index in [1.165, 1.54) is 39.3 Å². The van der Waals surface area contributed by atoms with Crippen LogP contribution < -0.4 is 24.8 Å². The highest BCUT2D eigenvalue weighted by atomic mass is 32.2. The normalized spacial score (nSPS) is 15.9. The number of hydrogen-bond acceptors (Lipinski definition) is 14. The number of Topliss-reactive ketones (excluding diaryl/α,β-unsaturated/α-hetero) is 1. The topological polar surface area (TPSA) is 228 Å². The zero-order valence-electron chi connectivity index (χ0n) is 34.2. The number of carbonyl (C=O) groups excluding carboxylic acids is 3. The zero-order valence-corrected chi connectivity index (χ0v) is 35.0. The van der Waals surface area contributed by atoms with Crippen LogP contribution in [0.4, 0.5) is 15.8 Å². The maximum Gasteiger partial charge on any atom is 0.279 e. The number of nitro benzene ring substituents is 1. The van der Waals surface area contributed by atoms with Gasteiger partial charge in [0.2, 0.25) is 23.3 Å². The first kappa shape index (κ1) is 46.2. The van der Waals surface area contributed by atoms with E-state index in [0.29, 0.717) is 54.9 Å². The lowest BCUT2D eigenvalue weighted by Crippen LogP contribution is -2.49. The highest BCUT2D eigenvalue weighted by Gasteiger charge is 2.47. The summed E-state index contributed by atoms with van der Waals surface area (Å²) in [5.41, 5.74) is 2.05. The molecule has 1 aliphatic heterocycles. The highest BCUT2D eigenvalue weighted by Crippen LogP contribution is 2.43. The maximum absolute atomic E-state index is 14.5. The van der Waals surface area contributed by atoms with E-state index in [0.717, 1.165) is 17.3 Å². The molecular formula is C42H48FN4O13S+. The van der Waals surface area contributed by atoms with Gasteiger partial charge in [-0.05, 0) is 69.5 Å². The first-order valence-corrected chi connectivity index (χ1v) is 20.2. The quantitative estimate of drug-likeness (QED) is 0.0149. The van der Waals surface area contributed by atoms with Crippen molar-refractivity contribution in [2.75, 3.05) is 39.7 Å². The van der Waals surface area contributed by atoms with Crippen molar-refractivity contribution >= 4 is 52.3 Å². The van der Waals surface area contributed by atoms with Gasteiger partial charge in [0.25, 0.3) is 5.69 Å². The average molecular weight is 868 g/mol. The average Bonchev–Trinajstić information content (AvgIpc) is 3.44. The summed E-state index contributed by atoms with van der Waals surface area (Å²) in [4.78, 5) is 50.4. The van der Waals surface area contributed by atoms with Crippen LogP contribution in [0.2, 0.25) is 0 Å². The van der Waals surface area contributed by atoms with E-state index < -0.39 is 40.1 Å². The molecule has 326 valence electrons. The van der Waals surface area contributed by atoms with Crippen molar-refractivity contribution in [3.63, 3.8) is 0 Å². The number of nitrogens with one attached hydrogen (secondary N) is 2. The predicted octanol–water partition coefficient (Wildman–Crippen LogP) is 5.97. The number of halogens is 1. The molecule has 0 aromatic heterocycles. The van der Waals surface area contributed by atoms with E-state index in [1.807, 2.05) is 18.4 Å². The number of fused-ring (bicyclic) bond motifs is 1. The highest BCUT2D eigenvalue weighted by molar-refractivity contribution is 7.94. The Bertz CT molecular complexity index is 2240. The fraction of sp³-hybridized carbons (Fsp3) is 0.381. The molecule has 17 nitrogen and oxygen atoms in total. The summed E-state index contributed by atoms with van der Waals surface area (Å²) in [6.07, 6.45) is 2.20. The van der Waals surface area contributed by atoms with Gasteiger partial charge in [0.15, 0.2) is 17.2 Å². The Hall–Kier alpha value is -5.86. The van der Waals surface area contributed by atoms with E-state index in [4.69, 9.17) is 19.5 Å². The monoisotopic (exact) mass is 867 g/mol. The van der Waals surface area contributed by atoms with Gasteiger partial charge in [-0.25, -0.2) is 9.65 Å². The van der Waals surface area contributed by atoms with E-state index in [2.05, 4.69) is 20.0 Å². The summed E-state index contributed by atoms with van der Waals surface area (Å²) < 4.78 is 37.0. The molecule has 0 radical (unpaired) electrons. The van der Waals surface area contributed by atoms with Crippen LogP contribution in [0.3, 0.4) is 0 Å². The Morgan fingerprint density at radius 2 is 1.79 bits per heavy atom. The first-order chi connectivity index (χ1) is 29.1. The molecule has 61 heavy (non-hydrogen) atoms. The molecular weight excluding hydrogens is 820 g/mol. The van der Waals surface area contributed by atoms with Crippen LogP contribution in [-0.2, 0) is 29.2 Å². The zero-order chi connectivity index (χ0) is 44.4. The molecule has 0 saturated heterocycles. The van der Waals surface area contributed by atoms with Crippen molar-refractivity contribution in [1.29, 1.82) is 0 Å². The number of aliphatic hydroxyl groups excluding tert-OH is 2. The molecule has 2 atom stereocenters. The second-order valence-corrected chi connectivity index (χ2v) is 15.4. The predicted molar refractivity (Wildman–Crippen MR) is 221 cm³/mol. The van der Waals surface area contributed by atoms with Crippen LogP contribution in [-0.4, -0.2) is 94.0 Å². The fourth-order valence-corrected chi connectivity index (χ4v) is 7.62. The van der Waals surface area contributed by atoms with Crippen LogP contribution in [0.1, 0.15) is 69.2 Å². The molecule has 0 bridgehead atoms. The van der Waals surface area contributed by atoms with Gasteiger partial charge in [-0.15, -0.1) is 4.33 Å². The van der Waals surface area contributed by atoms with Crippen LogP contribution >= 0.6 is 12.0 Å². The number of amides is 2. The van der Waals surface area contributed by atoms with Crippen molar-refractivity contribution in [3.8, 4) is 17.2 Å². The fourth-order valence-electron chi connectivity index (χ4n) is 7.15. The number of nitro groups is 1. The Morgan fingerprint density at radius 1 is 1.05 bits per heavy atom. The molecule has 0 saturated carbocycles. The molecule has 19 heteroatoms. The van der Waals surface area contributed by atoms with Crippen LogP contribution in [0.15, 0.2) is 72.0 Å². The molecule has 3 aromatic carbocycles.